The summed E-state index contributed by atoms with van der Waals surface area (Å²) in [5.41, 5.74) is -0.798. The molecule has 11 heteroatoms. The Kier molecular flexibility index (Phi) is 4.50. The van der Waals surface area contributed by atoms with Crippen LogP contribution in [0.1, 0.15) is 5.56 Å². The van der Waals surface area contributed by atoms with Gasteiger partial charge in [-0.25, -0.2) is 13.2 Å². The molecule has 0 unspecified atom stereocenters. The van der Waals surface area contributed by atoms with Gasteiger partial charge in [-0.05, 0) is 23.8 Å². The van der Waals surface area contributed by atoms with E-state index in [4.69, 9.17) is 23.2 Å². The van der Waals surface area contributed by atoms with Crippen LogP contribution in [-0.4, -0.2) is 27.1 Å². The third-order valence-electron chi connectivity index (χ3n) is 3.99. The highest BCUT2D eigenvalue weighted by Gasteiger charge is 2.26. The fraction of sp³-hybridized carbons (Fsp3) is 0.267. The Balaban J connectivity index is 2.23. The van der Waals surface area contributed by atoms with E-state index in [1.807, 2.05) is 0 Å². The Morgan fingerprint density at radius 1 is 0.962 bits per heavy atom. The number of fused-ring (bicyclic) bond motifs is 1. The third kappa shape index (κ3) is 2.95. The second-order valence-electron chi connectivity index (χ2n) is 5.87. The van der Waals surface area contributed by atoms with Gasteiger partial charge < -0.3 is 4.57 Å². The van der Waals surface area contributed by atoms with Gasteiger partial charge in [0.2, 0.25) is 15.0 Å². The average Bonchev–Trinajstić information content (AvgIpc) is 2.88. The maximum Gasteiger partial charge on any atom is 0.332 e. The van der Waals surface area contributed by atoms with Crippen LogP contribution in [0.15, 0.2) is 32.9 Å². The molecule has 1 aromatic carbocycles. The van der Waals surface area contributed by atoms with Crippen molar-refractivity contribution in [3.63, 3.8) is 0 Å². The zero-order valence-electron chi connectivity index (χ0n) is 14.0. The van der Waals surface area contributed by atoms with E-state index in [1.165, 1.54) is 43.9 Å². The van der Waals surface area contributed by atoms with Crippen molar-refractivity contribution < 1.29 is 8.42 Å². The van der Waals surface area contributed by atoms with Crippen molar-refractivity contribution in [3.05, 3.63) is 54.6 Å². The van der Waals surface area contributed by atoms with Crippen molar-refractivity contribution in [2.45, 2.75) is 10.9 Å². The molecule has 0 fully saturated rings. The van der Waals surface area contributed by atoms with Gasteiger partial charge in [0.1, 0.15) is 0 Å². The molecule has 2 aromatic heterocycles. The maximum absolute atomic E-state index is 12.8. The minimum absolute atomic E-state index is 0.00306. The fourth-order valence-corrected chi connectivity index (χ4v) is 4.79. The highest BCUT2D eigenvalue weighted by Crippen LogP contribution is 2.23. The lowest BCUT2D eigenvalue weighted by Crippen LogP contribution is -2.37. The summed E-state index contributed by atoms with van der Waals surface area (Å²) in [5.74, 6) is -0.404. The van der Waals surface area contributed by atoms with Crippen LogP contribution in [0.2, 0.25) is 10.0 Å². The number of nitrogens with zero attached hydrogens (tertiary/aromatic N) is 4. The first-order valence-electron chi connectivity index (χ1n) is 7.33. The Morgan fingerprint density at radius 3 is 2.12 bits per heavy atom. The third-order valence-corrected chi connectivity index (χ3v) is 6.06. The number of hydrogen-bond donors (Lipinski definition) is 0. The monoisotopic (exact) mass is 416 g/mol. The normalized spacial score (nSPS) is 12.0. The van der Waals surface area contributed by atoms with Crippen LogP contribution in [0.4, 0.5) is 0 Å². The number of benzene rings is 1. The van der Waals surface area contributed by atoms with E-state index in [0.29, 0.717) is 15.6 Å². The van der Waals surface area contributed by atoms with Crippen LogP contribution in [-0.2, 0) is 36.7 Å². The van der Waals surface area contributed by atoms with Crippen LogP contribution >= 0.6 is 23.2 Å². The predicted octanol–water partition coefficient (Wildman–Crippen LogP) is 1.25. The highest BCUT2D eigenvalue weighted by atomic mass is 35.5. The van der Waals surface area contributed by atoms with Crippen molar-refractivity contribution >= 4 is 44.2 Å². The lowest BCUT2D eigenvalue weighted by atomic mass is 10.2. The van der Waals surface area contributed by atoms with Gasteiger partial charge in [0.15, 0.2) is 11.2 Å². The van der Waals surface area contributed by atoms with Gasteiger partial charge in [0.25, 0.3) is 5.56 Å². The van der Waals surface area contributed by atoms with E-state index < -0.39 is 26.8 Å². The average molecular weight is 417 g/mol. The maximum atomic E-state index is 12.8. The largest absolute Gasteiger partial charge is 0.332 e. The molecule has 0 bridgehead atoms. The van der Waals surface area contributed by atoms with E-state index in [-0.39, 0.29) is 16.3 Å². The van der Waals surface area contributed by atoms with Crippen LogP contribution in [0.25, 0.3) is 11.2 Å². The summed E-state index contributed by atoms with van der Waals surface area (Å²) in [6.07, 6.45) is 0. The Bertz CT molecular complexity index is 1250. The van der Waals surface area contributed by atoms with Crippen LogP contribution < -0.4 is 11.2 Å². The molecule has 0 N–H and O–H groups in total. The SMILES string of the molecule is Cn1c(=O)c2c(nc(S(=O)(=O)Cc3cc(Cl)cc(Cl)c3)n2C)n(C)c1=O. The van der Waals surface area contributed by atoms with Crippen molar-refractivity contribution in [2.24, 2.45) is 21.1 Å². The second-order valence-corrected chi connectivity index (χ2v) is 8.62. The summed E-state index contributed by atoms with van der Waals surface area (Å²) in [5, 5.41) is 0.301. The minimum Gasteiger partial charge on any atom is -0.312 e. The lowest BCUT2D eigenvalue weighted by Gasteiger charge is -2.06. The van der Waals surface area contributed by atoms with Crippen molar-refractivity contribution in [1.82, 2.24) is 18.7 Å². The number of aryl methyl sites for hydroxylation is 2. The molecule has 0 saturated carbocycles. The molecule has 0 aliphatic rings. The van der Waals surface area contributed by atoms with Gasteiger partial charge in [0.05, 0.1) is 5.75 Å². The number of aromatic nitrogens is 4. The zero-order chi connectivity index (χ0) is 19.4. The molecule has 0 atom stereocenters. The van der Waals surface area contributed by atoms with Crippen LogP contribution in [0.5, 0.6) is 0 Å². The second kappa shape index (κ2) is 6.26. The molecule has 0 radical (unpaired) electrons. The zero-order valence-corrected chi connectivity index (χ0v) is 16.4. The molecule has 0 amide bonds. The van der Waals surface area contributed by atoms with E-state index in [1.54, 1.807) is 0 Å². The molecular weight excluding hydrogens is 403 g/mol. The molecule has 3 rings (SSSR count). The van der Waals surface area contributed by atoms with E-state index >= 15 is 0 Å². The quantitative estimate of drug-likeness (QED) is 0.639. The smallest absolute Gasteiger partial charge is 0.312 e. The highest BCUT2D eigenvalue weighted by molar-refractivity contribution is 7.90. The number of rotatable bonds is 3. The van der Waals surface area contributed by atoms with E-state index in [2.05, 4.69) is 4.98 Å². The molecule has 3 aromatic rings. The van der Waals surface area contributed by atoms with Gasteiger partial charge in [-0.2, -0.15) is 4.98 Å². The topological polar surface area (TPSA) is 96.0 Å². The molecule has 0 aliphatic heterocycles. The molecule has 26 heavy (non-hydrogen) atoms. The van der Waals surface area contributed by atoms with Gasteiger partial charge in [-0.15, -0.1) is 0 Å². The first kappa shape index (κ1) is 18.7. The molecule has 138 valence electrons. The predicted molar refractivity (Wildman–Crippen MR) is 98.5 cm³/mol. The Labute approximate surface area is 158 Å². The van der Waals surface area contributed by atoms with E-state index in [9.17, 15) is 18.0 Å². The number of hydrogen-bond acceptors (Lipinski definition) is 5. The number of sulfone groups is 1. The van der Waals surface area contributed by atoms with Crippen LogP contribution in [0.3, 0.4) is 0 Å². The van der Waals surface area contributed by atoms with Gasteiger partial charge in [-0.3, -0.25) is 13.9 Å². The Hall–Kier alpha value is -2.10. The Morgan fingerprint density at radius 2 is 1.54 bits per heavy atom. The summed E-state index contributed by atoms with van der Waals surface area (Å²) in [6.45, 7) is 0. The summed E-state index contributed by atoms with van der Waals surface area (Å²) < 4.78 is 28.9. The van der Waals surface area contributed by atoms with Gasteiger partial charge in [0, 0.05) is 31.2 Å². The summed E-state index contributed by atoms with van der Waals surface area (Å²) in [4.78, 5) is 28.5. The summed E-state index contributed by atoms with van der Waals surface area (Å²) in [7, 11) is 0.228. The fourth-order valence-electron chi connectivity index (χ4n) is 2.75. The number of halogens is 2. The first-order chi connectivity index (χ1) is 12.0. The van der Waals surface area contributed by atoms with Crippen molar-refractivity contribution in [1.29, 1.82) is 0 Å². The van der Waals surface area contributed by atoms with Gasteiger partial charge >= 0.3 is 5.69 Å². The van der Waals surface area contributed by atoms with Crippen molar-refractivity contribution in [2.75, 3.05) is 0 Å². The molecule has 0 saturated heterocycles. The standard InChI is InChI=1S/C15H14Cl2N4O4S/c1-19-11-12(20(2)15(23)21(3)13(11)22)18-14(19)26(24,25)7-8-4-9(16)6-10(17)5-8/h4-6H,7H2,1-3H3. The minimum atomic E-state index is -3.93. The van der Waals surface area contributed by atoms with E-state index in [0.717, 1.165) is 9.13 Å². The molecule has 0 spiro atoms. The molecule has 0 aliphatic carbocycles. The molecule has 8 nitrogen and oxygen atoms in total. The molecule has 2 heterocycles. The lowest BCUT2D eigenvalue weighted by molar-refractivity contribution is 0.579. The van der Waals surface area contributed by atoms with Gasteiger partial charge in [-0.1, -0.05) is 23.2 Å². The number of imidazole rings is 1. The summed E-state index contributed by atoms with van der Waals surface area (Å²) in [6, 6.07) is 4.47. The first-order valence-corrected chi connectivity index (χ1v) is 9.74. The van der Waals surface area contributed by atoms with Crippen molar-refractivity contribution in [3.8, 4) is 0 Å². The summed E-state index contributed by atoms with van der Waals surface area (Å²) >= 11 is 11.8. The molecular formula is C15H14Cl2N4O4S. The van der Waals surface area contributed by atoms with Crippen LogP contribution in [0, 0.1) is 0 Å².